The Bertz CT molecular complexity index is 1300. The molecule has 10 heteroatoms. The molecule has 4 aromatic heterocycles. The van der Waals surface area contributed by atoms with Crippen molar-refractivity contribution in [2.45, 2.75) is 39.8 Å². The number of carbonyl (C=O) groups is 1. The normalized spacial score (nSPS) is 13.2. The number of aliphatic hydroxyl groups is 1. The number of aliphatic hydroxyl groups excluding tert-OH is 1. The molecule has 4 aromatic rings. The van der Waals surface area contributed by atoms with E-state index in [2.05, 4.69) is 41.4 Å². The molecule has 9 nitrogen and oxygen atoms in total. The Hall–Kier alpha value is -3.34. The van der Waals surface area contributed by atoms with Gasteiger partial charge in [0.05, 0.1) is 34.6 Å². The molecule has 2 atom stereocenters. The molecule has 1 amide bonds. The molecule has 0 aliphatic rings. The molecule has 0 aliphatic heterocycles. The van der Waals surface area contributed by atoms with Crippen LogP contribution < -0.4 is 10.6 Å². The Morgan fingerprint density at radius 2 is 1.97 bits per heavy atom. The van der Waals surface area contributed by atoms with Crippen molar-refractivity contribution in [3.05, 3.63) is 53.7 Å². The average molecular weight is 508 g/mol. The number of pyridine rings is 1. The zero-order chi connectivity index (χ0) is 25.7. The van der Waals surface area contributed by atoms with Crippen molar-refractivity contribution < 1.29 is 9.90 Å². The predicted molar refractivity (Wildman–Crippen MR) is 144 cm³/mol. The minimum Gasteiger partial charge on any atom is -0.394 e. The van der Waals surface area contributed by atoms with Gasteiger partial charge in [-0.1, -0.05) is 19.9 Å². The summed E-state index contributed by atoms with van der Waals surface area (Å²) in [5, 5.41) is 22.2. The van der Waals surface area contributed by atoms with Crippen molar-refractivity contribution in [2.75, 3.05) is 31.6 Å². The Kier molecular flexibility index (Phi) is 8.29. The number of rotatable bonds is 11. The second kappa shape index (κ2) is 11.6. The maximum absolute atomic E-state index is 13.2. The minimum absolute atomic E-state index is 0.0583. The maximum Gasteiger partial charge on any atom is 0.251 e. The highest BCUT2D eigenvalue weighted by atomic mass is 32.1. The second-order valence-electron chi connectivity index (χ2n) is 8.75. The Balaban J connectivity index is 1.69. The summed E-state index contributed by atoms with van der Waals surface area (Å²) in [4.78, 5) is 26.1. The smallest absolute Gasteiger partial charge is 0.251 e. The van der Waals surface area contributed by atoms with Crippen molar-refractivity contribution in [1.29, 1.82) is 0 Å². The van der Waals surface area contributed by atoms with Crippen molar-refractivity contribution in [2.24, 2.45) is 0 Å². The van der Waals surface area contributed by atoms with Crippen LogP contribution in [0.4, 0.5) is 5.82 Å². The van der Waals surface area contributed by atoms with E-state index in [9.17, 15) is 9.90 Å². The fourth-order valence-corrected chi connectivity index (χ4v) is 4.80. The third kappa shape index (κ3) is 5.72. The van der Waals surface area contributed by atoms with Gasteiger partial charge in [-0.25, -0.2) is 14.5 Å². The molecule has 2 unspecified atom stereocenters. The summed E-state index contributed by atoms with van der Waals surface area (Å²) >= 11 is 1.62. The zero-order valence-corrected chi connectivity index (χ0v) is 21.9. The van der Waals surface area contributed by atoms with E-state index in [0.29, 0.717) is 29.3 Å². The van der Waals surface area contributed by atoms with E-state index in [0.717, 1.165) is 29.2 Å². The summed E-state index contributed by atoms with van der Waals surface area (Å²) in [6.45, 7) is 10.5. The van der Waals surface area contributed by atoms with Crippen LogP contribution in [0, 0.1) is 0 Å². The highest BCUT2D eigenvalue weighted by molar-refractivity contribution is 7.13. The first-order valence-corrected chi connectivity index (χ1v) is 13.1. The van der Waals surface area contributed by atoms with Gasteiger partial charge >= 0.3 is 0 Å². The van der Waals surface area contributed by atoms with E-state index in [1.807, 2.05) is 36.7 Å². The molecule has 0 aliphatic carbocycles. The van der Waals surface area contributed by atoms with Gasteiger partial charge in [-0.3, -0.25) is 9.69 Å². The van der Waals surface area contributed by atoms with Gasteiger partial charge < -0.3 is 15.7 Å². The van der Waals surface area contributed by atoms with Crippen LogP contribution >= 0.6 is 11.3 Å². The summed E-state index contributed by atoms with van der Waals surface area (Å²) in [5.74, 6) is 0.325. The van der Waals surface area contributed by atoms with Crippen LogP contribution in [0.15, 0.2) is 48.1 Å². The fraction of sp³-hybridized carbons (Fsp3) is 0.385. The lowest BCUT2D eigenvalue weighted by atomic mass is 10.1. The summed E-state index contributed by atoms with van der Waals surface area (Å²) in [6, 6.07) is 9.43. The predicted octanol–water partition coefficient (Wildman–Crippen LogP) is 3.77. The molecule has 4 rings (SSSR count). The maximum atomic E-state index is 13.2. The number of fused-ring (bicyclic) bond motifs is 1. The highest BCUT2D eigenvalue weighted by Gasteiger charge is 2.18. The summed E-state index contributed by atoms with van der Waals surface area (Å²) in [6.07, 6.45) is 3.59. The topological polar surface area (TPSA) is 108 Å². The molecular formula is C26H33N7O2S. The van der Waals surface area contributed by atoms with Gasteiger partial charge in [0.2, 0.25) is 0 Å². The Labute approximate surface area is 215 Å². The monoisotopic (exact) mass is 507 g/mol. The van der Waals surface area contributed by atoms with E-state index < -0.39 is 0 Å². The van der Waals surface area contributed by atoms with E-state index >= 15 is 0 Å². The molecule has 0 saturated heterocycles. The zero-order valence-electron chi connectivity index (χ0n) is 21.1. The molecule has 4 heterocycles. The Morgan fingerprint density at radius 3 is 2.67 bits per heavy atom. The molecule has 0 bridgehead atoms. The summed E-state index contributed by atoms with van der Waals surface area (Å²) in [5.41, 5.74) is 3.29. The van der Waals surface area contributed by atoms with Crippen LogP contribution in [0.1, 0.15) is 38.1 Å². The number of carbonyl (C=O) groups excluding carboxylic acids is 1. The number of hydrogen-bond acceptors (Lipinski definition) is 8. The van der Waals surface area contributed by atoms with Gasteiger partial charge in [-0.15, -0.1) is 11.3 Å². The SMILES string of the molecule is CCN(CC)C(C)CNC(=O)c1cc(NC(C)CO)nc(-c2cnn3ccc(-c4cccs4)nc23)c1. The van der Waals surface area contributed by atoms with Gasteiger partial charge in [-0.2, -0.15) is 5.10 Å². The molecule has 0 fully saturated rings. The first kappa shape index (κ1) is 25.7. The summed E-state index contributed by atoms with van der Waals surface area (Å²) in [7, 11) is 0. The number of likely N-dealkylation sites (N-methyl/N-ethyl adjacent to an activating group) is 1. The quantitative estimate of drug-likeness (QED) is 0.284. The lowest BCUT2D eigenvalue weighted by Gasteiger charge is -2.26. The van der Waals surface area contributed by atoms with Crippen molar-refractivity contribution in [1.82, 2.24) is 29.8 Å². The second-order valence-corrected chi connectivity index (χ2v) is 9.70. The molecular weight excluding hydrogens is 474 g/mol. The van der Waals surface area contributed by atoms with Crippen molar-refractivity contribution >= 4 is 28.7 Å². The molecule has 0 spiro atoms. The first-order valence-electron chi connectivity index (χ1n) is 12.2. The number of nitrogens with zero attached hydrogens (tertiary/aromatic N) is 5. The molecule has 0 saturated carbocycles. The first-order chi connectivity index (χ1) is 17.4. The lowest BCUT2D eigenvalue weighted by Crippen LogP contribution is -2.42. The third-order valence-electron chi connectivity index (χ3n) is 6.17. The van der Waals surface area contributed by atoms with Crippen LogP contribution in [0.5, 0.6) is 0 Å². The standard InChI is InChI=1S/C26H33N7O2S/c1-5-32(6-2)18(4)14-27-26(35)19-12-22(30-24(13-19)29-17(3)16-34)20-15-28-33-10-9-21(31-25(20)33)23-8-7-11-36-23/h7-13,15,17-18,34H,5-6,14,16H2,1-4H3,(H,27,35)(H,29,30). The fourth-order valence-electron chi connectivity index (χ4n) is 4.10. The summed E-state index contributed by atoms with van der Waals surface area (Å²) < 4.78 is 1.70. The third-order valence-corrected chi connectivity index (χ3v) is 7.06. The number of aromatic nitrogens is 4. The lowest BCUT2D eigenvalue weighted by molar-refractivity contribution is 0.0938. The molecule has 0 radical (unpaired) electrons. The van der Waals surface area contributed by atoms with E-state index in [1.165, 1.54) is 0 Å². The molecule has 0 aromatic carbocycles. The van der Waals surface area contributed by atoms with Crippen molar-refractivity contribution in [3.8, 4) is 21.8 Å². The van der Waals surface area contributed by atoms with E-state index in [-0.39, 0.29) is 24.6 Å². The van der Waals surface area contributed by atoms with E-state index in [1.54, 1.807) is 34.2 Å². The van der Waals surface area contributed by atoms with Crippen LogP contribution in [0.2, 0.25) is 0 Å². The molecule has 3 N–H and O–H groups in total. The van der Waals surface area contributed by atoms with Gasteiger partial charge in [0.1, 0.15) is 5.82 Å². The minimum atomic E-state index is -0.223. The number of amides is 1. The Morgan fingerprint density at radius 1 is 1.17 bits per heavy atom. The van der Waals surface area contributed by atoms with Crippen molar-refractivity contribution in [3.63, 3.8) is 0 Å². The van der Waals surface area contributed by atoms with Crippen LogP contribution in [-0.4, -0.2) is 73.8 Å². The van der Waals surface area contributed by atoms with Gasteiger partial charge in [0, 0.05) is 30.4 Å². The number of thiophene rings is 1. The molecule has 190 valence electrons. The van der Waals surface area contributed by atoms with Gasteiger partial charge in [-0.05, 0) is 56.6 Å². The van der Waals surface area contributed by atoms with Gasteiger partial charge in [0.25, 0.3) is 5.91 Å². The number of hydrogen-bond donors (Lipinski definition) is 3. The van der Waals surface area contributed by atoms with Crippen LogP contribution in [0.25, 0.3) is 27.5 Å². The molecule has 36 heavy (non-hydrogen) atoms. The highest BCUT2D eigenvalue weighted by Crippen LogP contribution is 2.28. The van der Waals surface area contributed by atoms with Gasteiger partial charge in [0.15, 0.2) is 5.65 Å². The van der Waals surface area contributed by atoms with E-state index in [4.69, 9.17) is 9.97 Å². The van der Waals surface area contributed by atoms with Crippen LogP contribution in [0.3, 0.4) is 0 Å². The number of nitrogens with one attached hydrogen (secondary N) is 2. The number of anilines is 1. The largest absolute Gasteiger partial charge is 0.394 e. The average Bonchev–Trinajstić information content (AvgIpc) is 3.57. The van der Waals surface area contributed by atoms with Crippen LogP contribution in [-0.2, 0) is 0 Å².